The molecule has 11 rings (SSSR count). The smallest absolute Gasteiger partial charge is 0.164 e. The maximum absolute atomic E-state index is 5.45. The van der Waals surface area contributed by atoms with E-state index in [1.54, 1.807) is 0 Å². The van der Waals surface area contributed by atoms with E-state index in [-0.39, 0.29) is 16.2 Å². The number of nitrogens with zero attached hydrogens (tertiary/aromatic N) is 3. The molecular weight excluding hydrogens is 751 g/mol. The number of hydrogen-bond donors (Lipinski definition) is 0. The standard InChI is InChI=1S/C59H51N3/c1-57(2)38-58(3,4)53-37-42(31-32-52(53)57)55-60-54(61-56(62-55)45-34-43(39-19-8-5-9-20-39)33-44(35-45)40-21-10-6-11-22-40)41-23-18-26-47(36-41)59(46-24-12-7-13-25-46)50-29-16-14-27-48(50)49-28-15-17-30-51(49)59/h5-12,14-16,18-24,26-29,31-37H,13,17,25,30,38H2,1-4H3. The molecule has 1 atom stereocenters. The molecule has 7 aromatic rings. The quantitative estimate of drug-likeness (QED) is 0.161. The summed E-state index contributed by atoms with van der Waals surface area (Å²) in [6.07, 6.45) is 16.9. The van der Waals surface area contributed by atoms with Crippen LogP contribution in [-0.4, -0.2) is 15.0 Å². The Kier molecular flexibility index (Phi) is 9.09. The highest BCUT2D eigenvalue weighted by Crippen LogP contribution is 2.59. The first kappa shape index (κ1) is 38.2. The largest absolute Gasteiger partial charge is 0.208 e. The molecule has 6 aromatic carbocycles. The summed E-state index contributed by atoms with van der Waals surface area (Å²) >= 11 is 0. The van der Waals surface area contributed by atoms with Crippen LogP contribution in [-0.2, 0) is 16.2 Å². The summed E-state index contributed by atoms with van der Waals surface area (Å²) in [5.74, 6) is 2.03. The summed E-state index contributed by atoms with van der Waals surface area (Å²) in [6, 6.07) is 53.2. The molecule has 62 heavy (non-hydrogen) atoms. The second kappa shape index (κ2) is 14.7. The lowest BCUT2D eigenvalue weighted by molar-refractivity contribution is 0.403. The molecule has 1 aromatic heterocycles. The van der Waals surface area contributed by atoms with Crippen molar-refractivity contribution in [1.29, 1.82) is 0 Å². The van der Waals surface area contributed by atoms with Gasteiger partial charge in [0.25, 0.3) is 0 Å². The van der Waals surface area contributed by atoms with E-state index in [4.69, 9.17) is 15.0 Å². The third-order valence-corrected chi connectivity index (χ3v) is 14.0. The first-order valence-corrected chi connectivity index (χ1v) is 22.3. The van der Waals surface area contributed by atoms with Gasteiger partial charge in [-0.1, -0.05) is 179 Å². The van der Waals surface area contributed by atoms with Gasteiger partial charge in [0, 0.05) is 16.7 Å². The Hall–Kier alpha value is -6.71. The van der Waals surface area contributed by atoms with Gasteiger partial charge in [-0.2, -0.15) is 0 Å². The van der Waals surface area contributed by atoms with Crippen LogP contribution in [0.15, 0.2) is 187 Å². The van der Waals surface area contributed by atoms with E-state index in [1.165, 1.54) is 44.5 Å². The fraction of sp³-hybridized carbons (Fsp3) is 0.203. The zero-order chi connectivity index (χ0) is 42.1. The number of rotatable bonds is 7. The monoisotopic (exact) mass is 801 g/mol. The number of fused-ring (bicyclic) bond motifs is 3. The van der Waals surface area contributed by atoms with Gasteiger partial charge < -0.3 is 0 Å². The lowest BCUT2D eigenvalue weighted by Crippen LogP contribution is -2.32. The number of hydrogen-bond acceptors (Lipinski definition) is 3. The van der Waals surface area contributed by atoms with Crippen LogP contribution in [0.25, 0.3) is 62.0 Å². The molecule has 4 aliphatic carbocycles. The van der Waals surface area contributed by atoms with Crippen molar-refractivity contribution >= 4 is 5.57 Å². The molecule has 0 radical (unpaired) electrons. The normalized spacial score (nSPS) is 19.2. The van der Waals surface area contributed by atoms with E-state index in [9.17, 15) is 0 Å². The van der Waals surface area contributed by atoms with Crippen molar-refractivity contribution in [2.45, 2.75) is 76.0 Å². The molecule has 0 aliphatic heterocycles. The summed E-state index contributed by atoms with van der Waals surface area (Å²) in [5, 5.41) is 0. The highest BCUT2D eigenvalue weighted by atomic mass is 15.0. The van der Waals surface area contributed by atoms with Crippen molar-refractivity contribution in [3.63, 3.8) is 0 Å². The topological polar surface area (TPSA) is 38.7 Å². The molecule has 0 fully saturated rings. The molecule has 3 nitrogen and oxygen atoms in total. The molecule has 0 bridgehead atoms. The van der Waals surface area contributed by atoms with Crippen LogP contribution in [0.2, 0.25) is 0 Å². The van der Waals surface area contributed by atoms with E-state index in [0.717, 1.165) is 71.0 Å². The summed E-state index contributed by atoms with van der Waals surface area (Å²) in [7, 11) is 0. The third-order valence-electron chi connectivity index (χ3n) is 14.0. The van der Waals surface area contributed by atoms with E-state index in [0.29, 0.717) is 17.5 Å². The van der Waals surface area contributed by atoms with Gasteiger partial charge in [0.05, 0.1) is 5.41 Å². The summed E-state index contributed by atoms with van der Waals surface area (Å²) < 4.78 is 0. The molecule has 1 unspecified atom stereocenters. The lowest BCUT2D eigenvalue weighted by atomic mass is 9.63. The fourth-order valence-corrected chi connectivity index (χ4v) is 11.4. The Labute approximate surface area is 366 Å². The van der Waals surface area contributed by atoms with Crippen LogP contribution in [0.1, 0.15) is 87.6 Å². The molecule has 0 saturated heterocycles. The molecule has 302 valence electrons. The minimum atomic E-state index is -0.372. The molecular formula is C59H51N3. The van der Waals surface area contributed by atoms with Gasteiger partial charge in [0.1, 0.15) is 0 Å². The van der Waals surface area contributed by atoms with Gasteiger partial charge in [-0.25, -0.2) is 15.0 Å². The van der Waals surface area contributed by atoms with Gasteiger partial charge in [0.15, 0.2) is 17.5 Å². The highest BCUT2D eigenvalue weighted by molar-refractivity contribution is 5.91. The van der Waals surface area contributed by atoms with Crippen LogP contribution in [0.5, 0.6) is 0 Å². The van der Waals surface area contributed by atoms with Crippen molar-refractivity contribution in [3.05, 3.63) is 215 Å². The zero-order valence-corrected chi connectivity index (χ0v) is 36.1. The SMILES string of the molecule is CC1(C)CC(C)(C)c2cc(-c3nc(-c4cc(-c5ccccc5)cc(-c5ccccc5)c4)nc(-c4cccc(C5(C6=CC=CCC6)C6=C(C=CCC6)c6ccccc65)c4)n3)ccc21. The fourth-order valence-electron chi connectivity index (χ4n) is 11.4. The molecule has 4 aliphatic rings. The molecule has 0 saturated carbocycles. The van der Waals surface area contributed by atoms with E-state index in [1.807, 2.05) is 0 Å². The molecule has 0 amide bonds. The van der Waals surface area contributed by atoms with Crippen LogP contribution >= 0.6 is 0 Å². The Bertz CT molecular complexity index is 2980. The minimum absolute atomic E-state index is 0.0349. The first-order chi connectivity index (χ1) is 30.2. The molecule has 1 heterocycles. The average Bonchev–Trinajstić information content (AvgIpc) is 3.73. The van der Waals surface area contributed by atoms with Crippen molar-refractivity contribution in [2.24, 2.45) is 0 Å². The maximum Gasteiger partial charge on any atom is 0.164 e. The van der Waals surface area contributed by atoms with E-state index in [2.05, 4.69) is 204 Å². The van der Waals surface area contributed by atoms with Gasteiger partial charge in [0.2, 0.25) is 0 Å². The average molecular weight is 802 g/mol. The number of benzene rings is 6. The Morgan fingerprint density at radius 2 is 1.05 bits per heavy atom. The van der Waals surface area contributed by atoms with Gasteiger partial charge in [-0.15, -0.1) is 0 Å². The van der Waals surface area contributed by atoms with Gasteiger partial charge >= 0.3 is 0 Å². The minimum Gasteiger partial charge on any atom is -0.208 e. The molecule has 0 spiro atoms. The Morgan fingerprint density at radius 1 is 0.452 bits per heavy atom. The predicted molar refractivity (Wildman–Crippen MR) is 257 cm³/mol. The van der Waals surface area contributed by atoms with Crippen LogP contribution in [0.3, 0.4) is 0 Å². The second-order valence-corrected chi connectivity index (χ2v) is 18.9. The van der Waals surface area contributed by atoms with Crippen molar-refractivity contribution in [2.75, 3.05) is 0 Å². The van der Waals surface area contributed by atoms with Crippen molar-refractivity contribution in [1.82, 2.24) is 15.0 Å². The third kappa shape index (κ3) is 6.28. The molecule has 0 N–H and O–H groups in total. The van der Waals surface area contributed by atoms with Crippen LogP contribution in [0, 0.1) is 0 Å². The van der Waals surface area contributed by atoms with Crippen LogP contribution < -0.4 is 0 Å². The maximum atomic E-state index is 5.45. The van der Waals surface area contributed by atoms with Crippen molar-refractivity contribution < 1.29 is 0 Å². The first-order valence-electron chi connectivity index (χ1n) is 22.3. The second-order valence-electron chi connectivity index (χ2n) is 18.9. The summed E-state index contributed by atoms with van der Waals surface area (Å²) in [4.78, 5) is 16.3. The van der Waals surface area contributed by atoms with Crippen LogP contribution in [0.4, 0.5) is 0 Å². The van der Waals surface area contributed by atoms with Crippen molar-refractivity contribution in [3.8, 4) is 56.4 Å². The highest BCUT2D eigenvalue weighted by Gasteiger charge is 2.48. The summed E-state index contributed by atoms with van der Waals surface area (Å²) in [6.45, 7) is 9.48. The Balaban J connectivity index is 1.14. The summed E-state index contributed by atoms with van der Waals surface area (Å²) in [5.41, 5.74) is 18.4. The predicted octanol–water partition coefficient (Wildman–Crippen LogP) is 14.8. The van der Waals surface area contributed by atoms with E-state index >= 15 is 0 Å². The Morgan fingerprint density at radius 3 is 1.74 bits per heavy atom. The van der Waals surface area contributed by atoms with Gasteiger partial charge in [-0.05, 0) is 134 Å². The zero-order valence-electron chi connectivity index (χ0n) is 36.1. The number of allylic oxidation sites excluding steroid dienone is 8. The van der Waals surface area contributed by atoms with E-state index < -0.39 is 0 Å². The number of aromatic nitrogens is 3. The molecule has 3 heteroatoms. The lowest BCUT2D eigenvalue weighted by Gasteiger charge is -2.39. The van der Waals surface area contributed by atoms with Gasteiger partial charge in [-0.3, -0.25) is 0 Å².